The molecule has 1 N–H and O–H groups in total. The number of nitrogens with zero attached hydrogens (tertiary/aromatic N) is 1. The molecule has 150 valence electrons. The van der Waals surface area contributed by atoms with Crippen molar-refractivity contribution in [3.05, 3.63) is 72.3 Å². The van der Waals surface area contributed by atoms with E-state index in [1.165, 1.54) is 16.4 Å². The highest BCUT2D eigenvalue weighted by atomic mass is 32.2. The van der Waals surface area contributed by atoms with Gasteiger partial charge in [0.05, 0.1) is 24.7 Å². The van der Waals surface area contributed by atoms with Gasteiger partial charge in [0.15, 0.2) is 5.78 Å². The summed E-state index contributed by atoms with van der Waals surface area (Å²) in [4.78, 5) is 12.9. The van der Waals surface area contributed by atoms with Gasteiger partial charge in [0, 0.05) is 29.7 Å². The Morgan fingerprint density at radius 1 is 0.966 bits per heavy atom. The number of Topliss-reactive ketones (excluding diaryl/α,β-unsaturated/α-hetero) is 1. The SMILES string of the molecule is O=C(CNc1cccc2ccccc12)c1cccc(S(=O)(=O)N2CCOCC2)c1. The van der Waals surface area contributed by atoms with Crippen LogP contribution in [0.25, 0.3) is 10.8 Å². The maximum atomic E-state index is 12.8. The summed E-state index contributed by atoms with van der Waals surface area (Å²) in [5, 5.41) is 5.30. The number of ketones is 1. The largest absolute Gasteiger partial charge is 0.379 e. The van der Waals surface area contributed by atoms with Gasteiger partial charge in [-0.25, -0.2) is 8.42 Å². The van der Waals surface area contributed by atoms with Gasteiger partial charge in [-0.1, -0.05) is 48.5 Å². The molecule has 1 saturated heterocycles. The molecule has 3 aromatic rings. The van der Waals surface area contributed by atoms with Crippen LogP contribution in [0.2, 0.25) is 0 Å². The van der Waals surface area contributed by atoms with Crippen molar-refractivity contribution in [1.82, 2.24) is 4.31 Å². The summed E-state index contributed by atoms with van der Waals surface area (Å²) in [7, 11) is -3.63. The van der Waals surface area contributed by atoms with E-state index in [4.69, 9.17) is 4.74 Å². The molecule has 0 saturated carbocycles. The number of sulfonamides is 1. The van der Waals surface area contributed by atoms with Crippen LogP contribution in [0, 0.1) is 0 Å². The number of carbonyl (C=O) groups is 1. The molecule has 3 aromatic carbocycles. The van der Waals surface area contributed by atoms with Gasteiger partial charge in [-0.05, 0) is 23.6 Å². The van der Waals surface area contributed by atoms with Gasteiger partial charge in [-0.15, -0.1) is 0 Å². The third-order valence-electron chi connectivity index (χ3n) is 4.99. The van der Waals surface area contributed by atoms with Crippen LogP contribution >= 0.6 is 0 Å². The van der Waals surface area contributed by atoms with Gasteiger partial charge in [-0.2, -0.15) is 4.31 Å². The van der Waals surface area contributed by atoms with Crippen molar-refractivity contribution in [1.29, 1.82) is 0 Å². The first-order valence-electron chi connectivity index (χ1n) is 9.48. The molecule has 4 rings (SSSR count). The molecule has 0 atom stereocenters. The zero-order chi connectivity index (χ0) is 20.3. The molecule has 0 aliphatic carbocycles. The van der Waals surface area contributed by atoms with Gasteiger partial charge < -0.3 is 10.1 Å². The molecular formula is C22H22N2O4S. The highest BCUT2D eigenvalue weighted by Crippen LogP contribution is 2.23. The minimum Gasteiger partial charge on any atom is -0.379 e. The molecule has 0 radical (unpaired) electrons. The molecule has 1 aliphatic rings. The Kier molecular flexibility index (Phi) is 5.62. The van der Waals surface area contributed by atoms with Gasteiger partial charge in [0.2, 0.25) is 10.0 Å². The quantitative estimate of drug-likeness (QED) is 0.632. The molecule has 1 heterocycles. The van der Waals surface area contributed by atoms with Crippen LogP contribution in [0.5, 0.6) is 0 Å². The lowest BCUT2D eigenvalue weighted by Crippen LogP contribution is -2.40. The molecule has 0 bridgehead atoms. The maximum absolute atomic E-state index is 12.8. The summed E-state index contributed by atoms with van der Waals surface area (Å²) in [6, 6.07) is 20.1. The van der Waals surface area contributed by atoms with E-state index in [1.54, 1.807) is 12.1 Å². The molecule has 0 unspecified atom stereocenters. The van der Waals surface area contributed by atoms with Crippen LogP contribution in [0.3, 0.4) is 0 Å². The molecule has 6 nitrogen and oxygen atoms in total. The van der Waals surface area contributed by atoms with Crippen molar-refractivity contribution in [3.8, 4) is 0 Å². The standard InChI is InChI=1S/C22H22N2O4S/c25-22(16-23-21-10-4-6-17-5-1-2-9-20(17)21)18-7-3-8-19(15-18)29(26,27)24-11-13-28-14-12-24/h1-10,15,23H,11-14,16H2. The van der Waals surface area contributed by atoms with Crippen molar-refractivity contribution in [3.63, 3.8) is 0 Å². The molecule has 1 aliphatic heterocycles. The predicted molar refractivity (Wildman–Crippen MR) is 113 cm³/mol. The minimum atomic E-state index is -3.63. The summed E-state index contributed by atoms with van der Waals surface area (Å²) >= 11 is 0. The molecule has 7 heteroatoms. The molecular weight excluding hydrogens is 388 g/mol. The van der Waals surface area contributed by atoms with Gasteiger partial charge >= 0.3 is 0 Å². The number of carbonyl (C=O) groups excluding carboxylic acids is 1. The number of ether oxygens (including phenoxy) is 1. The van der Waals surface area contributed by atoms with Crippen LogP contribution in [0.15, 0.2) is 71.6 Å². The fourth-order valence-electron chi connectivity index (χ4n) is 3.42. The Bertz CT molecular complexity index is 1130. The lowest BCUT2D eigenvalue weighted by Gasteiger charge is -2.26. The Morgan fingerprint density at radius 2 is 1.69 bits per heavy atom. The van der Waals surface area contributed by atoms with E-state index in [0.29, 0.717) is 31.9 Å². The van der Waals surface area contributed by atoms with E-state index in [0.717, 1.165) is 16.5 Å². The molecule has 0 aromatic heterocycles. The number of morpholine rings is 1. The fraction of sp³-hybridized carbons (Fsp3) is 0.227. The zero-order valence-electron chi connectivity index (χ0n) is 15.9. The Balaban J connectivity index is 1.51. The molecule has 1 fully saturated rings. The van der Waals surface area contributed by atoms with Crippen LogP contribution in [-0.4, -0.2) is 51.4 Å². The monoisotopic (exact) mass is 410 g/mol. The summed E-state index contributed by atoms with van der Waals surface area (Å²) in [5.74, 6) is -0.169. The number of hydrogen-bond donors (Lipinski definition) is 1. The number of rotatable bonds is 6. The lowest BCUT2D eigenvalue weighted by molar-refractivity contribution is 0.0730. The highest BCUT2D eigenvalue weighted by molar-refractivity contribution is 7.89. The Labute approximate surface area is 170 Å². The zero-order valence-corrected chi connectivity index (χ0v) is 16.7. The van der Waals surface area contributed by atoms with E-state index in [1.807, 2.05) is 42.5 Å². The number of anilines is 1. The summed E-state index contributed by atoms with van der Waals surface area (Å²) < 4.78 is 32.3. The third kappa shape index (κ3) is 4.17. The highest BCUT2D eigenvalue weighted by Gasteiger charge is 2.26. The maximum Gasteiger partial charge on any atom is 0.243 e. The lowest BCUT2D eigenvalue weighted by atomic mass is 10.1. The average molecular weight is 410 g/mol. The van der Waals surface area contributed by atoms with Gasteiger partial charge in [-0.3, -0.25) is 4.79 Å². The molecule has 0 amide bonds. The van der Waals surface area contributed by atoms with Gasteiger partial charge in [0.1, 0.15) is 0 Å². The first-order chi connectivity index (χ1) is 14.1. The predicted octanol–water partition coefficient (Wildman–Crippen LogP) is 3.16. The minimum absolute atomic E-state index is 0.0784. The number of benzene rings is 3. The Hall–Kier alpha value is -2.74. The smallest absolute Gasteiger partial charge is 0.243 e. The van der Waals surface area contributed by atoms with Crippen LogP contribution in [0.4, 0.5) is 5.69 Å². The van der Waals surface area contributed by atoms with E-state index in [2.05, 4.69) is 5.32 Å². The first kappa shape index (κ1) is 19.6. The van der Waals surface area contributed by atoms with E-state index in [-0.39, 0.29) is 17.2 Å². The first-order valence-corrected chi connectivity index (χ1v) is 10.9. The van der Waals surface area contributed by atoms with Crippen LogP contribution in [0.1, 0.15) is 10.4 Å². The van der Waals surface area contributed by atoms with Crippen molar-refractivity contribution in [2.75, 3.05) is 38.2 Å². The van der Waals surface area contributed by atoms with Gasteiger partial charge in [0.25, 0.3) is 0 Å². The Morgan fingerprint density at radius 3 is 2.52 bits per heavy atom. The summed E-state index contributed by atoms with van der Waals surface area (Å²) in [6.07, 6.45) is 0. The van der Waals surface area contributed by atoms with Crippen molar-refractivity contribution >= 4 is 32.3 Å². The van der Waals surface area contributed by atoms with E-state index in [9.17, 15) is 13.2 Å². The number of fused-ring (bicyclic) bond motifs is 1. The van der Waals surface area contributed by atoms with Crippen molar-refractivity contribution < 1.29 is 17.9 Å². The van der Waals surface area contributed by atoms with E-state index >= 15 is 0 Å². The topological polar surface area (TPSA) is 75.7 Å². The summed E-state index contributed by atoms with van der Waals surface area (Å²) in [5.41, 5.74) is 1.24. The fourth-order valence-corrected chi connectivity index (χ4v) is 4.88. The second kappa shape index (κ2) is 8.32. The normalized spacial score (nSPS) is 15.3. The molecule has 0 spiro atoms. The van der Waals surface area contributed by atoms with E-state index < -0.39 is 10.0 Å². The van der Waals surface area contributed by atoms with Crippen molar-refractivity contribution in [2.24, 2.45) is 0 Å². The number of nitrogens with one attached hydrogen (secondary N) is 1. The second-order valence-corrected chi connectivity index (χ2v) is 8.79. The van der Waals surface area contributed by atoms with Crippen LogP contribution in [-0.2, 0) is 14.8 Å². The third-order valence-corrected chi connectivity index (χ3v) is 6.89. The average Bonchev–Trinajstić information content (AvgIpc) is 2.78. The van der Waals surface area contributed by atoms with Crippen LogP contribution < -0.4 is 5.32 Å². The number of hydrogen-bond acceptors (Lipinski definition) is 5. The molecule has 29 heavy (non-hydrogen) atoms. The second-order valence-electron chi connectivity index (χ2n) is 6.85. The summed E-state index contributed by atoms with van der Waals surface area (Å²) in [6.45, 7) is 1.49. The van der Waals surface area contributed by atoms with Crippen molar-refractivity contribution in [2.45, 2.75) is 4.90 Å².